The molecule has 9 heteroatoms. The van der Waals surface area contributed by atoms with Crippen molar-refractivity contribution >= 4 is 17.7 Å². The molecule has 0 saturated heterocycles. The number of carbonyl (C=O) groups is 1. The van der Waals surface area contributed by atoms with Gasteiger partial charge in [-0.2, -0.15) is 13.2 Å². The van der Waals surface area contributed by atoms with Crippen LogP contribution in [0.25, 0.3) is 11.5 Å². The van der Waals surface area contributed by atoms with Crippen LogP contribution in [0.5, 0.6) is 0 Å². The largest absolute Gasteiger partial charge is 0.433 e. The molecule has 2 aromatic rings. The standard InChI is InChI=1S/C12H9F3N4OS/c13-12(14,15)8-5-10(21-6-9(16)20)19-11(18-8)7-3-1-2-4-17-7/h1-5H,6H2,(H2,16,20). The first-order valence-corrected chi connectivity index (χ1v) is 6.63. The van der Waals surface area contributed by atoms with Crippen LogP contribution in [0.3, 0.4) is 0 Å². The van der Waals surface area contributed by atoms with E-state index in [1.165, 1.54) is 12.3 Å². The lowest BCUT2D eigenvalue weighted by Gasteiger charge is -2.09. The number of alkyl halides is 3. The minimum absolute atomic E-state index is 0.0109. The van der Waals surface area contributed by atoms with Gasteiger partial charge in [0, 0.05) is 12.3 Å². The van der Waals surface area contributed by atoms with Gasteiger partial charge in [0.25, 0.3) is 0 Å². The first-order valence-electron chi connectivity index (χ1n) is 5.65. The summed E-state index contributed by atoms with van der Waals surface area (Å²) in [6.45, 7) is 0. The maximum absolute atomic E-state index is 12.9. The molecule has 1 amide bonds. The summed E-state index contributed by atoms with van der Waals surface area (Å²) in [6, 6.07) is 5.51. The lowest BCUT2D eigenvalue weighted by atomic mass is 10.3. The van der Waals surface area contributed by atoms with Crippen molar-refractivity contribution < 1.29 is 18.0 Å². The first-order chi connectivity index (χ1) is 9.86. The second kappa shape index (κ2) is 6.08. The van der Waals surface area contributed by atoms with Crippen molar-refractivity contribution in [2.45, 2.75) is 11.2 Å². The zero-order valence-corrected chi connectivity index (χ0v) is 11.3. The smallest absolute Gasteiger partial charge is 0.369 e. The molecule has 21 heavy (non-hydrogen) atoms. The number of nitrogens with two attached hydrogens (primary N) is 1. The number of thioether (sulfide) groups is 1. The summed E-state index contributed by atoms with van der Waals surface area (Å²) < 4.78 is 38.6. The Labute approximate surface area is 121 Å². The van der Waals surface area contributed by atoms with E-state index in [1.54, 1.807) is 12.1 Å². The van der Waals surface area contributed by atoms with Gasteiger partial charge < -0.3 is 5.73 Å². The Kier molecular flexibility index (Phi) is 4.41. The van der Waals surface area contributed by atoms with Gasteiger partial charge in [-0.15, -0.1) is 0 Å². The topological polar surface area (TPSA) is 81.8 Å². The predicted molar refractivity (Wildman–Crippen MR) is 70.2 cm³/mol. The molecule has 2 N–H and O–H groups in total. The SMILES string of the molecule is NC(=O)CSc1cc(C(F)(F)F)nc(-c2ccccn2)n1. The second-order valence-corrected chi connectivity index (χ2v) is 4.88. The maximum Gasteiger partial charge on any atom is 0.433 e. The third-order valence-corrected chi connectivity index (χ3v) is 3.18. The van der Waals surface area contributed by atoms with Gasteiger partial charge in [-0.05, 0) is 12.1 Å². The minimum Gasteiger partial charge on any atom is -0.369 e. The summed E-state index contributed by atoms with van der Waals surface area (Å²) in [5, 5.41) is 0.0109. The van der Waals surface area contributed by atoms with E-state index in [2.05, 4.69) is 15.0 Å². The van der Waals surface area contributed by atoms with Crippen molar-refractivity contribution in [3.63, 3.8) is 0 Å². The molecule has 0 atom stereocenters. The minimum atomic E-state index is -4.62. The molecule has 5 nitrogen and oxygen atoms in total. The van der Waals surface area contributed by atoms with Crippen LogP contribution >= 0.6 is 11.8 Å². The first kappa shape index (κ1) is 15.2. The van der Waals surface area contributed by atoms with Crippen molar-refractivity contribution in [3.05, 3.63) is 36.2 Å². The quantitative estimate of drug-likeness (QED) is 0.690. The van der Waals surface area contributed by atoms with Crippen molar-refractivity contribution in [2.75, 3.05) is 5.75 Å². The number of amides is 1. The van der Waals surface area contributed by atoms with Gasteiger partial charge in [-0.3, -0.25) is 9.78 Å². The van der Waals surface area contributed by atoms with Crippen molar-refractivity contribution in [3.8, 4) is 11.5 Å². The van der Waals surface area contributed by atoms with Gasteiger partial charge in [0.15, 0.2) is 5.82 Å². The maximum atomic E-state index is 12.9. The highest BCUT2D eigenvalue weighted by atomic mass is 32.2. The number of hydrogen-bond donors (Lipinski definition) is 1. The van der Waals surface area contributed by atoms with E-state index in [1.807, 2.05) is 0 Å². The number of carbonyl (C=O) groups excluding carboxylic acids is 1. The third-order valence-electron chi connectivity index (χ3n) is 2.25. The molecule has 110 valence electrons. The molecule has 0 aromatic carbocycles. The summed E-state index contributed by atoms with van der Waals surface area (Å²) in [5.41, 5.74) is 4.10. The average molecular weight is 314 g/mol. The molecule has 2 aromatic heterocycles. The van der Waals surface area contributed by atoms with Crippen LogP contribution in [0.2, 0.25) is 0 Å². The fourth-order valence-corrected chi connectivity index (χ4v) is 2.03. The van der Waals surface area contributed by atoms with Crippen molar-refractivity contribution in [1.29, 1.82) is 0 Å². The molecule has 2 heterocycles. The summed E-state index contributed by atoms with van der Waals surface area (Å²) in [5.74, 6) is -0.973. The normalized spacial score (nSPS) is 11.4. The van der Waals surface area contributed by atoms with E-state index in [0.29, 0.717) is 0 Å². The molecule has 0 bridgehead atoms. The van der Waals surface area contributed by atoms with E-state index in [-0.39, 0.29) is 22.3 Å². The van der Waals surface area contributed by atoms with Crippen LogP contribution in [-0.2, 0) is 11.0 Å². The molecule has 0 unspecified atom stereocenters. The number of primary amides is 1. The number of nitrogens with zero attached hydrogens (tertiary/aromatic N) is 3. The van der Waals surface area contributed by atoms with E-state index in [9.17, 15) is 18.0 Å². The Balaban J connectivity index is 2.45. The van der Waals surface area contributed by atoms with Crippen LogP contribution in [0.15, 0.2) is 35.5 Å². The zero-order valence-electron chi connectivity index (χ0n) is 10.5. The number of rotatable bonds is 4. The highest BCUT2D eigenvalue weighted by Gasteiger charge is 2.34. The van der Waals surface area contributed by atoms with Gasteiger partial charge in [0.05, 0.1) is 5.75 Å². The highest BCUT2D eigenvalue weighted by Crippen LogP contribution is 2.31. The van der Waals surface area contributed by atoms with Crippen LogP contribution in [0.4, 0.5) is 13.2 Å². The second-order valence-electron chi connectivity index (χ2n) is 3.88. The summed E-state index contributed by atoms with van der Waals surface area (Å²) >= 11 is 0.814. The van der Waals surface area contributed by atoms with Crippen LogP contribution < -0.4 is 5.73 Å². The zero-order chi connectivity index (χ0) is 15.5. The highest BCUT2D eigenvalue weighted by molar-refractivity contribution is 7.99. The Morgan fingerprint density at radius 3 is 2.62 bits per heavy atom. The Bertz CT molecular complexity index is 649. The summed E-state index contributed by atoms with van der Waals surface area (Å²) in [7, 11) is 0. The third kappa shape index (κ3) is 4.15. The van der Waals surface area contributed by atoms with Crippen molar-refractivity contribution in [2.24, 2.45) is 5.73 Å². The van der Waals surface area contributed by atoms with Gasteiger partial charge in [0.1, 0.15) is 16.4 Å². The number of hydrogen-bond acceptors (Lipinski definition) is 5. The van der Waals surface area contributed by atoms with Gasteiger partial charge in [-0.1, -0.05) is 17.8 Å². The van der Waals surface area contributed by atoms with Gasteiger partial charge in [0.2, 0.25) is 5.91 Å². The van der Waals surface area contributed by atoms with Crippen molar-refractivity contribution in [1.82, 2.24) is 15.0 Å². The molecule has 0 aliphatic carbocycles. The van der Waals surface area contributed by atoms with E-state index < -0.39 is 17.8 Å². The fourth-order valence-electron chi connectivity index (χ4n) is 1.40. The monoisotopic (exact) mass is 314 g/mol. The van der Waals surface area contributed by atoms with Gasteiger partial charge in [-0.25, -0.2) is 9.97 Å². The molecule has 0 spiro atoms. The lowest BCUT2D eigenvalue weighted by molar-refractivity contribution is -0.141. The molecule has 0 saturated carbocycles. The Hall–Kier alpha value is -2.16. The average Bonchev–Trinajstić information content (AvgIpc) is 2.45. The molecule has 2 rings (SSSR count). The van der Waals surface area contributed by atoms with E-state index in [4.69, 9.17) is 5.73 Å². The Morgan fingerprint density at radius 1 is 1.29 bits per heavy atom. The van der Waals surface area contributed by atoms with Crippen LogP contribution in [-0.4, -0.2) is 26.6 Å². The molecular formula is C12H9F3N4OS. The molecule has 0 radical (unpaired) electrons. The summed E-state index contributed by atoms with van der Waals surface area (Å²) in [4.78, 5) is 22.1. The van der Waals surface area contributed by atoms with Crippen LogP contribution in [0, 0.1) is 0 Å². The number of halogens is 3. The predicted octanol–water partition coefficient (Wildman–Crippen LogP) is 2.13. The summed E-state index contributed by atoms with van der Waals surface area (Å²) in [6.07, 6.45) is -3.19. The van der Waals surface area contributed by atoms with Crippen LogP contribution in [0.1, 0.15) is 5.69 Å². The molecule has 0 aliphatic heterocycles. The van der Waals surface area contributed by atoms with Gasteiger partial charge >= 0.3 is 6.18 Å². The fraction of sp³-hybridized carbons (Fsp3) is 0.167. The number of pyridine rings is 1. The van der Waals surface area contributed by atoms with E-state index in [0.717, 1.165) is 17.8 Å². The molecular weight excluding hydrogens is 305 g/mol. The molecule has 0 aliphatic rings. The number of aromatic nitrogens is 3. The van der Waals surface area contributed by atoms with E-state index >= 15 is 0 Å². The molecule has 0 fully saturated rings. The Morgan fingerprint density at radius 2 is 2.05 bits per heavy atom. The lowest BCUT2D eigenvalue weighted by Crippen LogP contribution is -2.14.